The highest BCUT2D eigenvalue weighted by molar-refractivity contribution is 5.67. The number of carboxylic acid groups (broad SMARTS) is 1. The fourth-order valence-electron chi connectivity index (χ4n) is 1.51. The average molecular weight is 236 g/mol. The highest BCUT2D eigenvalue weighted by Gasteiger charge is 2.11. The molecule has 1 N–H and O–H groups in total. The Bertz CT molecular complexity index is 454. The molecule has 0 radical (unpaired) electrons. The summed E-state index contributed by atoms with van der Waals surface area (Å²) in [6, 6.07) is 6.02. The van der Waals surface area contributed by atoms with E-state index in [1.807, 2.05) is 13.0 Å². The topological polar surface area (TPSA) is 64.3 Å². The second-order valence-electron chi connectivity index (χ2n) is 3.50. The monoisotopic (exact) mass is 236 g/mol. The Balaban J connectivity index is 2.89. The van der Waals surface area contributed by atoms with Crippen LogP contribution in [0.15, 0.2) is 18.2 Å². The van der Waals surface area contributed by atoms with Crippen molar-refractivity contribution in [1.82, 2.24) is 0 Å². The molecule has 0 saturated heterocycles. The summed E-state index contributed by atoms with van der Waals surface area (Å²) in [4.78, 5) is 12.1. The van der Waals surface area contributed by atoms with Gasteiger partial charge >= 0.3 is 5.97 Å². The van der Waals surface area contributed by atoms with Crippen molar-refractivity contribution in [1.29, 1.82) is 5.26 Å². The maximum atomic E-state index is 13.7. The number of hydrogen-bond acceptors (Lipinski definition) is 3. The molecule has 1 aromatic rings. The van der Waals surface area contributed by atoms with Gasteiger partial charge in [0.15, 0.2) is 0 Å². The molecule has 17 heavy (non-hydrogen) atoms. The predicted molar refractivity (Wildman–Crippen MR) is 61.3 cm³/mol. The molecular weight excluding hydrogens is 223 g/mol. The number of anilines is 1. The van der Waals surface area contributed by atoms with Gasteiger partial charge in [0, 0.05) is 13.1 Å². The van der Waals surface area contributed by atoms with Gasteiger partial charge in [0.05, 0.1) is 23.7 Å². The van der Waals surface area contributed by atoms with Gasteiger partial charge in [0.1, 0.15) is 5.82 Å². The number of halogens is 1. The van der Waals surface area contributed by atoms with E-state index >= 15 is 0 Å². The third-order valence-electron chi connectivity index (χ3n) is 2.39. The van der Waals surface area contributed by atoms with Gasteiger partial charge in [0.25, 0.3) is 0 Å². The highest BCUT2D eigenvalue weighted by Crippen LogP contribution is 2.20. The minimum absolute atomic E-state index is 0.0483. The summed E-state index contributed by atoms with van der Waals surface area (Å²) in [6.45, 7) is 2.57. The van der Waals surface area contributed by atoms with Crippen LogP contribution >= 0.6 is 0 Å². The summed E-state index contributed by atoms with van der Waals surface area (Å²) in [5.41, 5.74) is 0.577. The van der Waals surface area contributed by atoms with Gasteiger partial charge in [-0.05, 0) is 25.1 Å². The molecule has 0 fully saturated rings. The van der Waals surface area contributed by atoms with Crippen molar-refractivity contribution in [2.24, 2.45) is 0 Å². The molecule has 0 aliphatic carbocycles. The summed E-state index contributed by atoms with van der Waals surface area (Å²) in [7, 11) is 0. The lowest BCUT2D eigenvalue weighted by Crippen LogP contribution is -2.26. The fraction of sp³-hybridized carbons (Fsp3) is 0.333. The van der Waals surface area contributed by atoms with E-state index in [2.05, 4.69) is 0 Å². The smallest absolute Gasteiger partial charge is 0.305 e. The van der Waals surface area contributed by atoms with Crippen LogP contribution in [0.3, 0.4) is 0 Å². The molecule has 0 aromatic heterocycles. The molecule has 0 aliphatic heterocycles. The molecule has 0 saturated carbocycles. The van der Waals surface area contributed by atoms with Crippen LogP contribution in [0.1, 0.15) is 18.9 Å². The normalized spacial score (nSPS) is 9.71. The number of nitrogens with zero attached hydrogens (tertiary/aromatic N) is 2. The highest BCUT2D eigenvalue weighted by atomic mass is 19.1. The van der Waals surface area contributed by atoms with Crippen molar-refractivity contribution < 1.29 is 14.3 Å². The number of carbonyl (C=O) groups is 1. The van der Waals surface area contributed by atoms with Crippen LogP contribution in [-0.4, -0.2) is 24.2 Å². The van der Waals surface area contributed by atoms with Crippen molar-refractivity contribution in [2.75, 3.05) is 18.0 Å². The number of hydrogen-bond donors (Lipinski definition) is 1. The third-order valence-corrected chi connectivity index (χ3v) is 2.39. The summed E-state index contributed by atoms with van der Waals surface area (Å²) in [6.07, 6.45) is -0.0483. The summed E-state index contributed by atoms with van der Waals surface area (Å²) < 4.78 is 13.7. The predicted octanol–water partition coefficient (Wildman–Crippen LogP) is 2.00. The number of aliphatic carboxylic acids is 1. The second kappa shape index (κ2) is 5.85. The third kappa shape index (κ3) is 3.45. The molecule has 0 spiro atoms. The molecule has 0 atom stereocenters. The minimum atomic E-state index is -0.919. The Morgan fingerprint density at radius 2 is 2.29 bits per heavy atom. The van der Waals surface area contributed by atoms with E-state index < -0.39 is 11.8 Å². The molecule has 90 valence electrons. The van der Waals surface area contributed by atoms with Crippen LogP contribution in [0.5, 0.6) is 0 Å². The van der Waals surface area contributed by atoms with Gasteiger partial charge in [-0.2, -0.15) is 5.26 Å². The molecule has 0 amide bonds. The van der Waals surface area contributed by atoms with E-state index in [-0.39, 0.29) is 18.5 Å². The fourth-order valence-corrected chi connectivity index (χ4v) is 1.51. The first-order chi connectivity index (χ1) is 8.08. The molecule has 0 unspecified atom stereocenters. The van der Waals surface area contributed by atoms with E-state index in [1.54, 1.807) is 4.90 Å². The number of rotatable bonds is 5. The Morgan fingerprint density at radius 1 is 1.59 bits per heavy atom. The number of carboxylic acids is 1. The van der Waals surface area contributed by atoms with Gasteiger partial charge in [-0.3, -0.25) is 4.79 Å². The average Bonchev–Trinajstić information content (AvgIpc) is 2.31. The molecule has 0 aliphatic rings. The zero-order chi connectivity index (χ0) is 12.8. The molecule has 1 aromatic carbocycles. The molecule has 5 heteroatoms. The van der Waals surface area contributed by atoms with Crippen LogP contribution in [0.2, 0.25) is 0 Å². The summed E-state index contributed by atoms with van der Waals surface area (Å²) >= 11 is 0. The van der Waals surface area contributed by atoms with E-state index in [9.17, 15) is 9.18 Å². The maximum Gasteiger partial charge on any atom is 0.305 e. The van der Waals surface area contributed by atoms with Crippen LogP contribution < -0.4 is 4.90 Å². The van der Waals surface area contributed by atoms with E-state index in [1.165, 1.54) is 12.1 Å². The minimum Gasteiger partial charge on any atom is -0.481 e. The Kier molecular flexibility index (Phi) is 4.46. The lowest BCUT2D eigenvalue weighted by atomic mass is 10.2. The van der Waals surface area contributed by atoms with Crippen LogP contribution in [0.25, 0.3) is 0 Å². The lowest BCUT2D eigenvalue weighted by molar-refractivity contribution is -0.136. The molecule has 0 heterocycles. The zero-order valence-electron chi connectivity index (χ0n) is 9.48. The van der Waals surface area contributed by atoms with Crippen LogP contribution in [-0.2, 0) is 4.79 Å². The zero-order valence-corrected chi connectivity index (χ0v) is 9.48. The largest absolute Gasteiger partial charge is 0.481 e. The van der Waals surface area contributed by atoms with Crippen LogP contribution in [0.4, 0.5) is 10.1 Å². The second-order valence-corrected chi connectivity index (χ2v) is 3.50. The van der Waals surface area contributed by atoms with Crippen molar-refractivity contribution in [3.8, 4) is 6.07 Å². The summed E-state index contributed by atoms with van der Waals surface area (Å²) in [5.74, 6) is -1.42. The van der Waals surface area contributed by atoms with Crippen molar-refractivity contribution in [3.05, 3.63) is 29.6 Å². The Hall–Kier alpha value is -2.09. The molecular formula is C12H13FN2O2. The van der Waals surface area contributed by atoms with Gasteiger partial charge in [-0.1, -0.05) is 0 Å². The molecule has 0 bridgehead atoms. The number of nitriles is 1. The van der Waals surface area contributed by atoms with Crippen molar-refractivity contribution >= 4 is 11.7 Å². The first-order valence-corrected chi connectivity index (χ1v) is 5.25. The Labute approximate surface area is 98.9 Å². The lowest BCUT2D eigenvalue weighted by Gasteiger charge is -2.22. The van der Waals surface area contributed by atoms with Crippen molar-refractivity contribution in [3.63, 3.8) is 0 Å². The standard InChI is InChI=1S/C12H13FN2O2/c1-2-15(6-5-12(16)17)11-4-3-9(8-14)7-10(11)13/h3-4,7H,2,5-6H2,1H3,(H,16,17). The quantitative estimate of drug-likeness (QED) is 0.849. The van der Waals surface area contributed by atoms with Crippen LogP contribution in [0, 0.1) is 17.1 Å². The number of benzene rings is 1. The first-order valence-electron chi connectivity index (χ1n) is 5.25. The van der Waals surface area contributed by atoms with Gasteiger partial charge in [0.2, 0.25) is 0 Å². The maximum absolute atomic E-state index is 13.7. The van der Waals surface area contributed by atoms with Gasteiger partial charge in [-0.15, -0.1) is 0 Å². The SMILES string of the molecule is CCN(CCC(=O)O)c1ccc(C#N)cc1F. The Morgan fingerprint density at radius 3 is 2.76 bits per heavy atom. The molecule has 1 rings (SSSR count). The van der Waals surface area contributed by atoms with E-state index in [0.29, 0.717) is 12.2 Å². The van der Waals surface area contributed by atoms with E-state index in [0.717, 1.165) is 6.07 Å². The van der Waals surface area contributed by atoms with E-state index in [4.69, 9.17) is 10.4 Å². The van der Waals surface area contributed by atoms with Gasteiger partial charge in [-0.25, -0.2) is 4.39 Å². The molecule has 4 nitrogen and oxygen atoms in total. The van der Waals surface area contributed by atoms with Gasteiger partial charge < -0.3 is 10.0 Å². The van der Waals surface area contributed by atoms with Crippen molar-refractivity contribution in [2.45, 2.75) is 13.3 Å². The summed E-state index contributed by atoms with van der Waals surface area (Å²) in [5, 5.41) is 17.2. The first kappa shape index (κ1) is 13.0.